The van der Waals surface area contributed by atoms with E-state index in [0.717, 1.165) is 24.6 Å². The second-order valence-corrected chi connectivity index (χ2v) is 7.96. The largest absolute Gasteiger partial charge is 0.381 e. The van der Waals surface area contributed by atoms with Crippen LogP contribution in [0.1, 0.15) is 47.9 Å². The molecule has 172 valence electrons. The maximum Gasteiger partial charge on any atom is 0.266 e. The monoisotopic (exact) mass is 449 g/mol. The molecule has 32 heavy (non-hydrogen) atoms. The SMILES string of the molecule is CN1NC(=NCc2cccc(C(F)F)c2F)c2cc(N(C)C3CCOCC3)cnc2C1O. The molecule has 2 N–H and O–H groups in total. The van der Waals surface area contributed by atoms with Crippen molar-refractivity contribution in [2.75, 3.05) is 32.2 Å². The normalized spacial score (nSPS) is 21.0. The number of rotatable bonds is 5. The summed E-state index contributed by atoms with van der Waals surface area (Å²) in [5.41, 5.74) is 4.25. The molecule has 0 saturated carbocycles. The first kappa shape index (κ1) is 22.5. The number of aliphatic hydroxyl groups is 1. The van der Waals surface area contributed by atoms with Gasteiger partial charge in [-0.25, -0.2) is 13.2 Å². The molecule has 10 heteroatoms. The van der Waals surface area contributed by atoms with Gasteiger partial charge in [0.25, 0.3) is 6.43 Å². The van der Waals surface area contributed by atoms with E-state index in [4.69, 9.17) is 4.74 Å². The Balaban J connectivity index is 1.66. The van der Waals surface area contributed by atoms with Crippen molar-refractivity contribution >= 4 is 11.5 Å². The molecule has 1 unspecified atom stereocenters. The Morgan fingerprint density at radius 3 is 2.81 bits per heavy atom. The number of alkyl halides is 2. The highest BCUT2D eigenvalue weighted by Gasteiger charge is 2.30. The first-order valence-corrected chi connectivity index (χ1v) is 10.4. The number of hydrogen-bond donors (Lipinski definition) is 2. The van der Waals surface area contributed by atoms with Gasteiger partial charge in [0, 0.05) is 44.5 Å². The van der Waals surface area contributed by atoms with Gasteiger partial charge in [0.2, 0.25) is 0 Å². The molecule has 0 bridgehead atoms. The molecule has 3 heterocycles. The Morgan fingerprint density at radius 2 is 2.09 bits per heavy atom. The van der Waals surface area contributed by atoms with Gasteiger partial charge >= 0.3 is 0 Å². The zero-order valence-electron chi connectivity index (χ0n) is 17.9. The van der Waals surface area contributed by atoms with Crippen LogP contribution in [0, 0.1) is 5.82 Å². The van der Waals surface area contributed by atoms with Crippen molar-refractivity contribution in [2.24, 2.45) is 4.99 Å². The van der Waals surface area contributed by atoms with Gasteiger partial charge in [0.05, 0.1) is 29.7 Å². The van der Waals surface area contributed by atoms with Crippen LogP contribution >= 0.6 is 0 Å². The average Bonchev–Trinajstić information content (AvgIpc) is 2.80. The highest BCUT2D eigenvalue weighted by molar-refractivity contribution is 6.01. The second-order valence-electron chi connectivity index (χ2n) is 7.96. The molecule has 2 aromatic rings. The van der Waals surface area contributed by atoms with Crippen LogP contribution in [0.2, 0.25) is 0 Å². The van der Waals surface area contributed by atoms with Crippen LogP contribution in [0.4, 0.5) is 18.9 Å². The van der Waals surface area contributed by atoms with E-state index in [1.165, 1.54) is 17.1 Å². The summed E-state index contributed by atoms with van der Waals surface area (Å²) in [7, 11) is 3.62. The highest BCUT2D eigenvalue weighted by atomic mass is 19.3. The highest BCUT2D eigenvalue weighted by Crippen LogP contribution is 2.29. The number of aliphatic hydroxyl groups excluding tert-OH is 1. The molecule has 1 atom stereocenters. The molecule has 1 aromatic carbocycles. The lowest BCUT2D eigenvalue weighted by molar-refractivity contribution is -0.00632. The van der Waals surface area contributed by atoms with Gasteiger partial charge in [-0.05, 0) is 18.9 Å². The van der Waals surface area contributed by atoms with Crippen LogP contribution in [-0.4, -0.2) is 54.3 Å². The number of fused-ring (bicyclic) bond motifs is 1. The Labute approximate surface area is 184 Å². The number of nitrogens with one attached hydrogen (secondary N) is 1. The zero-order valence-corrected chi connectivity index (χ0v) is 17.9. The Bertz CT molecular complexity index is 998. The summed E-state index contributed by atoms with van der Waals surface area (Å²) >= 11 is 0. The minimum atomic E-state index is -2.90. The van der Waals surface area contributed by atoms with E-state index in [1.807, 2.05) is 13.1 Å². The van der Waals surface area contributed by atoms with Crippen LogP contribution in [-0.2, 0) is 11.3 Å². The summed E-state index contributed by atoms with van der Waals surface area (Å²) in [6.07, 6.45) is -0.384. The van der Waals surface area contributed by atoms with Crippen molar-refractivity contribution in [3.05, 3.63) is 58.7 Å². The predicted octanol–water partition coefficient (Wildman–Crippen LogP) is 3.16. The molecule has 0 amide bonds. The molecule has 0 spiro atoms. The molecular formula is C22H26F3N5O2. The number of anilines is 1. The Morgan fingerprint density at radius 1 is 1.34 bits per heavy atom. The van der Waals surface area contributed by atoms with Gasteiger partial charge in [-0.2, -0.15) is 5.01 Å². The van der Waals surface area contributed by atoms with Crippen molar-refractivity contribution in [1.29, 1.82) is 0 Å². The van der Waals surface area contributed by atoms with Crippen LogP contribution in [0.15, 0.2) is 35.5 Å². The third kappa shape index (κ3) is 4.43. The van der Waals surface area contributed by atoms with E-state index in [0.29, 0.717) is 36.3 Å². The van der Waals surface area contributed by atoms with Crippen molar-refractivity contribution < 1.29 is 23.0 Å². The molecule has 0 radical (unpaired) electrons. The van der Waals surface area contributed by atoms with Crippen molar-refractivity contribution in [3.8, 4) is 0 Å². The fraction of sp³-hybridized carbons (Fsp3) is 0.455. The number of hydrazine groups is 1. The number of ether oxygens (including phenoxy) is 1. The van der Waals surface area contributed by atoms with E-state index in [2.05, 4.69) is 20.3 Å². The third-order valence-electron chi connectivity index (χ3n) is 5.95. The summed E-state index contributed by atoms with van der Waals surface area (Å²) in [4.78, 5) is 11.0. The van der Waals surface area contributed by atoms with Crippen LogP contribution < -0.4 is 10.3 Å². The number of halogens is 3. The van der Waals surface area contributed by atoms with Crippen LogP contribution in [0.3, 0.4) is 0 Å². The number of amidine groups is 1. The number of hydrogen-bond acceptors (Lipinski definition) is 6. The van der Waals surface area contributed by atoms with Gasteiger partial charge in [0.15, 0.2) is 6.23 Å². The summed E-state index contributed by atoms with van der Waals surface area (Å²) in [5, 5.41) is 12.0. The summed E-state index contributed by atoms with van der Waals surface area (Å²) in [6.45, 7) is 1.26. The quantitative estimate of drug-likeness (QED) is 0.731. The molecule has 1 aromatic heterocycles. The first-order chi connectivity index (χ1) is 15.4. The van der Waals surface area contributed by atoms with Gasteiger partial charge in [-0.3, -0.25) is 9.98 Å². The van der Waals surface area contributed by atoms with E-state index in [1.54, 1.807) is 13.2 Å². The molecule has 4 rings (SSSR count). The van der Waals surface area contributed by atoms with Crippen molar-refractivity contribution in [3.63, 3.8) is 0 Å². The lowest BCUT2D eigenvalue weighted by Crippen LogP contribution is -2.47. The van der Waals surface area contributed by atoms with Gasteiger partial charge in [-0.15, -0.1) is 0 Å². The predicted molar refractivity (Wildman–Crippen MR) is 114 cm³/mol. The molecule has 2 aliphatic heterocycles. The minimum Gasteiger partial charge on any atom is -0.381 e. The number of aliphatic imine (C=N–C) groups is 1. The molecule has 2 aliphatic rings. The molecule has 0 aliphatic carbocycles. The fourth-order valence-electron chi connectivity index (χ4n) is 3.98. The van der Waals surface area contributed by atoms with Crippen LogP contribution in [0.25, 0.3) is 0 Å². The lowest BCUT2D eigenvalue weighted by atomic mass is 10.0. The van der Waals surface area contributed by atoms with Crippen LogP contribution in [0.5, 0.6) is 0 Å². The number of nitrogens with zero attached hydrogens (tertiary/aromatic N) is 4. The molecule has 7 nitrogen and oxygen atoms in total. The third-order valence-corrected chi connectivity index (χ3v) is 5.95. The van der Waals surface area contributed by atoms with Crippen molar-refractivity contribution in [1.82, 2.24) is 15.4 Å². The average molecular weight is 449 g/mol. The van der Waals surface area contributed by atoms with E-state index >= 15 is 0 Å². The molecule has 1 saturated heterocycles. The summed E-state index contributed by atoms with van der Waals surface area (Å²) < 4.78 is 45.9. The van der Waals surface area contributed by atoms with E-state index in [9.17, 15) is 18.3 Å². The van der Waals surface area contributed by atoms with E-state index < -0.39 is 24.0 Å². The summed E-state index contributed by atoms with van der Waals surface area (Å²) in [5.74, 6) is -0.577. The van der Waals surface area contributed by atoms with Gasteiger partial charge in [0.1, 0.15) is 11.7 Å². The fourth-order valence-corrected chi connectivity index (χ4v) is 3.98. The lowest BCUT2D eigenvalue weighted by Gasteiger charge is -2.35. The zero-order chi connectivity index (χ0) is 22.8. The molecular weight excluding hydrogens is 423 g/mol. The number of benzene rings is 1. The maximum absolute atomic E-state index is 14.4. The second kappa shape index (κ2) is 9.43. The maximum atomic E-state index is 14.4. The topological polar surface area (TPSA) is 73.2 Å². The number of pyridine rings is 1. The van der Waals surface area contributed by atoms with Gasteiger partial charge < -0.3 is 20.2 Å². The van der Waals surface area contributed by atoms with Gasteiger partial charge in [-0.1, -0.05) is 18.2 Å². The molecule has 1 fully saturated rings. The van der Waals surface area contributed by atoms with Crippen molar-refractivity contribution in [2.45, 2.75) is 38.1 Å². The standard InChI is InChI=1S/C22H26F3N5O2/c1-29(14-6-8-32-9-7-14)15-10-17-19(26-12-15)22(31)30(2)28-21(17)27-11-13-4-3-5-16(18(13)23)20(24)25/h3-5,10,12,14,20,22,31H,6-9,11H2,1-2H3,(H,27,28). The smallest absolute Gasteiger partial charge is 0.266 e. The summed E-state index contributed by atoms with van der Waals surface area (Å²) in [6, 6.07) is 6.07. The number of aromatic nitrogens is 1. The first-order valence-electron chi connectivity index (χ1n) is 10.4. The van der Waals surface area contributed by atoms with E-state index in [-0.39, 0.29) is 12.1 Å². The Kier molecular flexibility index (Phi) is 6.63. The minimum absolute atomic E-state index is 0.0656. The Hall–Kier alpha value is -2.69.